The number of amides is 2. The van der Waals surface area contributed by atoms with E-state index >= 15 is 0 Å². The van der Waals surface area contributed by atoms with Crippen molar-refractivity contribution in [3.63, 3.8) is 0 Å². The Labute approximate surface area is 254 Å². The molecule has 0 unspecified atom stereocenters. The molecular weight excluding hydrogens is 603 g/mol. The second-order valence-corrected chi connectivity index (χ2v) is 12.3. The highest BCUT2D eigenvalue weighted by Crippen LogP contribution is 2.29. The van der Waals surface area contributed by atoms with Gasteiger partial charge in [-0.1, -0.05) is 40.9 Å². The van der Waals surface area contributed by atoms with Crippen molar-refractivity contribution in [1.29, 1.82) is 0 Å². The number of anilines is 1. The molecule has 10 nitrogen and oxygen atoms in total. The molecule has 1 atom stereocenters. The Morgan fingerprint density at radius 3 is 2.38 bits per heavy atom. The normalized spacial score (nSPS) is 15.0. The molecule has 1 aliphatic heterocycles. The largest absolute Gasteiger partial charge is 0.484 e. The van der Waals surface area contributed by atoms with E-state index in [0.717, 1.165) is 29.3 Å². The first-order valence-corrected chi connectivity index (χ1v) is 15.3. The molecule has 0 bridgehead atoms. The highest BCUT2D eigenvalue weighted by atomic mass is 35.5. The summed E-state index contributed by atoms with van der Waals surface area (Å²) in [7, 11) is -4.15. The van der Waals surface area contributed by atoms with E-state index in [4.69, 9.17) is 32.7 Å². The van der Waals surface area contributed by atoms with Gasteiger partial charge < -0.3 is 14.8 Å². The second-order valence-electron chi connectivity index (χ2n) is 9.54. The Hall–Kier alpha value is -3.64. The van der Waals surface area contributed by atoms with Crippen molar-refractivity contribution < 1.29 is 27.5 Å². The first-order chi connectivity index (χ1) is 20.1. The van der Waals surface area contributed by atoms with Crippen LogP contribution < -0.4 is 19.8 Å². The number of hydrazone groups is 1. The summed E-state index contributed by atoms with van der Waals surface area (Å²) in [5.41, 5.74) is 4.00. The molecule has 2 N–H and O–H groups in total. The topological polar surface area (TPSA) is 126 Å². The van der Waals surface area contributed by atoms with Crippen molar-refractivity contribution in [2.24, 2.45) is 5.10 Å². The van der Waals surface area contributed by atoms with Crippen LogP contribution in [0.3, 0.4) is 0 Å². The Bertz CT molecular complexity index is 1510. The molecule has 42 heavy (non-hydrogen) atoms. The van der Waals surface area contributed by atoms with Gasteiger partial charge in [0.1, 0.15) is 12.3 Å². The maximum Gasteiger partial charge on any atom is 0.264 e. The summed E-state index contributed by atoms with van der Waals surface area (Å²) >= 11 is 12.2. The molecule has 0 aromatic heterocycles. The van der Waals surface area contributed by atoms with Gasteiger partial charge in [0, 0.05) is 23.2 Å². The van der Waals surface area contributed by atoms with Gasteiger partial charge in [0.25, 0.3) is 21.8 Å². The van der Waals surface area contributed by atoms with Crippen LogP contribution in [0.15, 0.2) is 76.7 Å². The molecule has 13 heteroatoms. The number of nitrogens with zero attached hydrogens (tertiary/aromatic N) is 2. The molecule has 1 aliphatic rings. The molecule has 0 radical (unpaired) electrons. The summed E-state index contributed by atoms with van der Waals surface area (Å²) < 4.78 is 38.9. The van der Waals surface area contributed by atoms with E-state index in [1.54, 1.807) is 36.4 Å². The van der Waals surface area contributed by atoms with E-state index in [2.05, 4.69) is 15.8 Å². The lowest BCUT2D eigenvalue weighted by Gasteiger charge is -2.24. The summed E-state index contributed by atoms with van der Waals surface area (Å²) in [5, 5.41) is 7.16. The SMILES string of the molecule is Cc1ccc(S(=O)(=O)N(CC(=O)N/N=C\c2ccc(OCC(=O)NC[C@@H]3CCCO3)cc2)c2cc(Cl)cc(Cl)c2)cc1. The van der Waals surface area contributed by atoms with Crippen molar-refractivity contribution in [1.82, 2.24) is 10.7 Å². The van der Waals surface area contributed by atoms with Gasteiger partial charge in [0.2, 0.25) is 0 Å². The highest BCUT2D eigenvalue weighted by molar-refractivity contribution is 7.92. The number of benzene rings is 3. The Morgan fingerprint density at radius 2 is 1.74 bits per heavy atom. The lowest BCUT2D eigenvalue weighted by Crippen LogP contribution is -2.39. The lowest BCUT2D eigenvalue weighted by molar-refractivity contribution is -0.123. The molecule has 3 aromatic carbocycles. The minimum atomic E-state index is -4.15. The molecule has 1 saturated heterocycles. The van der Waals surface area contributed by atoms with E-state index in [1.807, 2.05) is 6.92 Å². The molecular formula is C29H30Cl2N4O6S. The number of carbonyl (C=O) groups is 2. The average molecular weight is 634 g/mol. The minimum absolute atomic E-state index is 0.00289. The fraction of sp³-hybridized carbons (Fsp3) is 0.276. The van der Waals surface area contributed by atoms with Crippen molar-refractivity contribution >= 4 is 56.9 Å². The quantitative estimate of drug-likeness (QED) is 0.226. The van der Waals surface area contributed by atoms with Crippen molar-refractivity contribution in [2.75, 3.05) is 30.6 Å². The number of nitrogens with one attached hydrogen (secondary N) is 2. The number of halogens is 2. The first kappa shape index (κ1) is 31.3. The molecule has 0 spiro atoms. The van der Waals surface area contributed by atoms with Crippen LogP contribution in [-0.4, -0.2) is 58.9 Å². The Morgan fingerprint density at radius 1 is 1.05 bits per heavy atom. The molecule has 1 heterocycles. The molecule has 2 amide bonds. The van der Waals surface area contributed by atoms with Crippen LogP contribution >= 0.6 is 23.2 Å². The van der Waals surface area contributed by atoms with Gasteiger partial charge in [-0.3, -0.25) is 13.9 Å². The zero-order chi connectivity index (χ0) is 30.1. The number of rotatable bonds is 12. The molecule has 0 saturated carbocycles. The number of ether oxygens (including phenoxy) is 2. The summed E-state index contributed by atoms with van der Waals surface area (Å²) in [6.45, 7) is 2.32. The predicted molar refractivity (Wildman–Crippen MR) is 162 cm³/mol. The summed E-state index contributed by atoms with van der Waals surface area (Å²) in [5.74, 6) is -0.440. The number of sulfonamides is 1. The summed E-state index contributed by atoms with van der Waals surface area (Å²) in [6.07, 6.45) is 3.39. The number of hydrogen-bond acceptors (Lipinski definition) is 7. The number of aryl methyl sites for hydroxylation is 1. The third-order valence-corrected chi connectivity index (χ3v) is 8.46. The lowest BCUT2D eigenvalue weighted by atomic mass is 10.2. The van der Waals surface area contributed by atoms with Crippen LogP contribution in [0.4, 0.5) is 5.69 Å². The van der Waals surface area contributed by atoms with Crippen LogP contribution in [0.2, 0.25) is 10.0 Å². The van der Waals surface area contributed by atoms with E-state index in [9.17, 15) is 18.0 Å². The van der Waals surface area contributed by atoms with Gasteiger partial charge in [0.05, 0.1) is 22.9 Å². The van der Waals surface area contributed by atoms with Crippen LogP contribution in [-0.2, 0) is 24.3 Å². The highest BCUT2D eigenvalue weighted by Gasteiger charge is 2.28. The minimum Gasteiger partial charge on any atom is -0.484 e. The van der Waals surface area contributed by atoms with Gasteiger partial charge in [-0.25, -0.2) is 13.8 Å². The van der Waals surface area contributed by atoms with Crippen molar-refractivity contribution in [2.45, 2.75) is 30.8 Å². The average Bonchev–Trinajstić information content (AvgIpc) is 3.48. The predicted octanol–water partition coefficient (Wildman–Crippen LogP) is 4.32. The van der Waals surface area contributed by atoms with Crippen LogP contribution in [0, 0.1) is 6.92 Å². The summed E-state index contributed by atoms with van der Waals surface area (Å²) in [6, 6.07) is 17.2. The van der Waals surface area contributed by atoms with Gasteiger partial charge in [0.15, 0.2) is 6.61 Å². The standard InChI is InChI=1S/C29H30Cl2N4O6S/c1-20-4-10-27(11-5-20)42(38,39)35(24-14-22(30)13-23(31)15-24)18-28(36)34-33-16-21-6-8-25(9-7-21)41-19-29(37)32-17-26-3-2-12-40-26/h4-11,13-16,26H,2-3,12,17-19H2,1H3,(H,32,37)(H,34,36)/b33-16-/t26-/m0/s1. The molecule has 4 rings (SSSR count). The van der Waals surface area contributed by atoms with Gasteiger partial charge in [-0.15, -0.1) is 0 Å². The van der Waals surface area contributed by atoms with Gasteiger partial charge >= 0.3 is 0 Å². The second kappa shape index (κ2) is 14.5. The fourth-order valence-corrected chi connectivity index (χ4v) is 5.98. The van der Waals surface area contributed by atoms with E-state index < -0.39 is 22.5 Å². The molecule has 0 aliphatic carbocycles. The van der Waals surface area contributed by atoms with Crippen LogP contribution in [0.5, 0.6) is 5.75 Å². The Kier molecular flexibility index (Phi) is 10.8. The van der Waals surface area contributed by atoms with Crippen molar-refractivity contribution in [3.8, 4) is 5.75 Å². The third kappa shape index (κ3) is 8.93. The fourth-order valence-electron chi connectivity index (χ4n) is 4.06. The monoisotopic (exact) mass is 632 g/mol. The zero-order valence-electron chi connectivity index (χ0n) is 22.8. The number of hydrogen-bond donors (Lipinski definition) is 2. The smallest absolute Gasteiger partial charge is 0.264 e. The van der Waals surface area contributed by atoms with Gasteiger partial charge in [-0.2, -0.15) is 5.10 Å². The maximum absolute atomic E-state index is 13.5. The van der Waals surface area contributed by atoms with Crippen molar-refractivity contribution in [3.05, 3.63) is 87.9 Å². The number of carbonyl (C=O) groups excluding carboxylic acids is 2. The Balaban J connectivity index is 1.35. The van der Waals surface area contributed by atoms with E-state index in [1.165, 1.54) is 36.5 Å². The first-order valence-electron chi connectivity index (χ1n) is 13.1. The zero-order valence-corrected chi connectivity index (χ0v) is 25.1. The summed E-state index contributed by atoms with van der Waals surface area (Å²) in [4.78, 5) is 24.8. The van der Waals surface area contributed by atoms with Crippen LogP contribution in [0.1, 0.15) is 24.0 Å². The molecule has 3 aromatic rings. The van der Waals surface area contributed by atoms with E-state index in [-0.39, 0.29) is 39.2 Å². The maximum atomic E-state index is 13.5. The molecule has 222 valence electrons. The van der Waals surface area contributed by atoms with Gasteiger partial charge in [-0.05, 0) is 79.9 Å². The van der Waals surface area contributed by atoms with E-state index in [0.29, 0.717) is 17.9 Å². The molecule has 1 fully saturated rings. The van der Waals surface area contributed by atoms with Crippen LogP contribution in [0.25, 0.3) is 0 Å². The third-order valence-electron chi connectivity index (χ3n) is 6.24.